The molecule has 1 atom stereocenters. The molecule has 0 aliphatic heterocycles. The first-order valence-corrected chi connectivity index (χ1v) is 11.5. The van der Waals surface area contributed by atoms with E-state index in [1.54, 1.807) is 38.1 Å². The molecule has 0 radical (unpaired) electrons. The van der Waals surface area contributed by atoms with Crippen LogP contribution in [0.15, 0.2) is 64.6 Å². The molecule has 0 amide bonds. The van der Waals surface area contributed by atoms with Crippen LogP contribution in [0.25, 0.3) is 0 Å². The molecule has 0 aliphatic carbocycles. The van der Waals surface area contributed by atoms with E-state index in [0.29, 0.717) is 5.71 Å². The Hall–Kier alpha value is -3.20. The zero-order valence-electron chi connectivity index (χ0n) is 18.3. The highest BCUT2D eigenvalue weighted by Gasteiger charge is 2.29. The van der Waals surface area contributed by atoms with Crippen molar-refractivity contribution in [3.63, 3.8) is 0 Å². The molecule has 2 aromatic rings. The van der Waals surface area contributed by atoms with Crippen LogP contribution >= 0.6 is 0 Å². The lowest BCUT2D eigenvalue weighted by Gasteiger charge is -2.15. The van der Waals surface area contributed by atoms with Gasteiger partial charge in [0.15, 0.2) is 5.92 Å². The number of carbonyl (C=O) groups is 2. The number of nitrogens with zero attached hydrogens (tertiary/aromatic N) is 1. The van der Waals surface area contributed by atoms with Crippen LogP contribution in [-0.2, 0) is 40.1 Å². The van der Waals surface area contributed by atoms with E-state index in [1.807, 2.05) is 25.1 Å². The van der Waals surface area contributed by atoms with Crippen LogP contribution in [0.1, 0.15) is 37.8 Å². The van der Waals surface area contributed by atoms with Crippen molar-refractivity contribution in [2.45, 2.75) is 45.1 Å². The fourth-order valence-electron chi connectivity index (χ4n) is 2.66. The smallest absolute Gasteiger partial charge is 0.358 e. The Bertz CT molecular complexity index is 1030. The summed E-state index contributed by atoms with van der Waals surface area (Å²) >= 11 is 0. The summed E-state index contributed by atoms with van der Waals surface area (Å²) in [5, 5.41) is 3.65. The topological polar surface area (TPSA) is 108 Å². The number of oxime groups is 1. The van der Waals surface area contributed by atoms with Gasteiger partial charge in [0.2, 0.25) is 0 Å². The van der Waals surface area contributed by atoms with E-state index in [2.05, 4.69) is 5.16 Å². The van der Waals surface area contributed by atoms with E-state index in [9.17, 15) is 18.0 Å². The normalized spacial score (nSPS) is 12.7. The van der Waals surface area contributed by atoms with Crippen molar-refractivity contribution in [1.29, 1.82) is 0 Å². The van der Waals surface area contributed by atoms with Crippen molar-refractivity contribution in [2.75, 3.05) is 6.61 Å². The molecule has 172 valence electrons. The van der Waals surface area contributed by atoms with Gasteiger partial charge in [0.25, 0.3) is 0 Å². The molecule has 0 aromatic heterocycles. The van der Waals surface area contributed by atoms with Gasteiger partial charge >= 0.3 is 22.1 Å². The summed E-state index contributed by atoms with van der Waals surface area (Å²) in [7, 11) is -4.06. The lowest BCUT2D eigenvalue weighted by molar-refractivity contribution is -0.162. The molecule has 0 saturated heterocycles. The Kier molecular flexibility index (Phi) is 9.39. The highest BCUT2D eigenvalue weighted by molar-refractivity contribution is 7.86. The quantitative estimate of drug-likeness (QED) is 0.217. The maximum Gasteiger partial charge on any atom is 0.358 e. The lowest BCUT2D eigenvalue weighted by Crippen LogP contribution is -2.28. The summed E-state index contributed by atoms with van der Waals surface area (Å²) in [5.74, 6) is -2.57. The van der Waals surface area contributed by atoms with Crippen LogP contribution in [0.2, 0.25) is 0 Å². The largest absolute Gasteiger partial charge is 0.465 e. The first-order valence-electron chi connectivity index (χ1n) is 10.1. The van der Waals surface area contributed by atoms with Gasteiger partial charge in [0, 0.05) is 0 Å². The van der Waals surface area contributed by atoms with Crippen LogP contribution < -0.4 is 0 Å². The maximum atomic E-state index is 12.5. The van der Waals surface area contributed by atoms with Gasteiger partial charge in [0.1, 0.15) is 11.5 Å². The second kappa shape index (κ2) is 12.0. The number of aryl methyl sites for hydroxylation is 1. The third-order valence-electron chi connectivity index (χ3n) is 4.48. The highest BCUT2D eigenvalue weighted by atomic mass is 32.2. The predicted molar refractivity (Wildman–Crippen MR) is 118 cm³/mol. The molecule has 9 heteroatoms. The molecule has 8 nitrogen and oxygen atoms in total. The molecule has 2 rings (SSSR count). The van der Waals surface area contributed by atoms with E-state index >= 15 is 0 Å². The van der Waals surface area contributed by atoms with Crippen molar-refractivity contribution in [3.8, 4) is 0 Å². The number of ether oxygens (including phenoxy) is 2. The Balaban J connectivity index is 1.98. The summed E-state index contributed by atoms with van der Waals surface area (Å²) < 4.78 is 39.5. The Morgan fingerprint density at radius 2 is 1.59 bits per heavy atom. The van der Waals surface area contributed by atoms with Gasteiger partial charge in [-0.05, 0) is 51.3 Å². The Morgan fingerprint density at radius 1 is 0.969 bits per heavy atom. The van der Waals surface area contributed by atoms with E-state index in [0.717, 1.165) is 11.1 Å². The van der Waals surface area contributed by atoms with E-state index in [-0.39, 0.29) is 31.0 Å². The van der Waals surface area contributed by atoms with Crippen LogP contribution in [0.5, 0.6) is 0 Å². The Morgan fingerprint density at radius 3 is 2.22 bits per heavy atom. The van der Waals surface area contributed by atoms with Gasteiger partial charge in [0.05, 0.1) is 12.3 Å². The summed E-state index contributed by atoms with van der Waals surface area (Å²) in [6.45, 7) is 5.17. The van der Waals surface area contributed by atoms with Crippen molar-refractivity contribution < 1.29 is 31.8 Å². The van der Waals surface area contributed by atoms with E-state index < -0.39 is 28.0 Å². The second-order valence-electron chi connectivity index (χ2n) is 7.10. The van der Waals surface area contributed by atoms with Gasteiger partial charge in [-0.15, -0.1) is 0 Å². The number of carbonyl (C=O) groups excluding carboxylic acids is 2. The molecule has 0 spiro atoms. The standard InChI is InChI=1S/C23H27NO7S/c1-4-29-22(25)21(23(26)30-16-19-8-6-5-7-9-19)15-12-18(3)24-31-32(27,28)20-13-10-17(2)11-14-20/h5-11,13-14,21H,4,12,15-16H2,1-3H3/b24-18+. The van der Waals surface area contributed by atoms with Crippen LogP contribution in [0, 0.1) is 12.8 Å². The third kappa shape index (κ3) is 7.81. The zero-order valence-corrected chi connectivity index (χ0v) is 19.1. The van der Waals surface area contributed by atoms with Crippen molar-refractivity contribution >= 4 is 27.8 Å². The number of benzene rings is 2. The number of esters is 2. The predicted octanol–water partition coefficient (Wildman–Crippen LogP) is 3.78. The molecule has 0 saturated carbocycles. The molecule has 32 heavy (non-hydrogen) atoms. The molecule has 2 aromatic carbocycles. The van der Waals surface area contributed by atoms with Gasteiger partial charge in [-0.1, -0.05) is 53.2 Å². The summed E-state index contributed by atoms with van der Waals surface area (Å²) in [5.41, 5.74) is 1.99. The van der Waals surface area contributed by atoms with E-state index in [4.69, 9.17) is 13.8 Å². The Labute approximate surface area is 188 Å². The van der Waals surface area contributed by atoms with Gasteiger partial charge in [-0.2, -0.15) is 8.42 Å². The molecule has 1 unspecified atom stereocenters. The summed E-state index contributed by atoms with van der Waals surface area (Å²) in [6, 6.07) is 15.2. The molecule has 0 bridgehead atoms. The fourth-order valence-corrected chi connectivity index (χ4v) is 3.44. The zero-order chi connectivity index (χ0) is 23.6. The maximum absolute atomic E-state index is 12.5. The SMILES string of the molecule is CCOC(=O)C(CC/C(C)=N/OS(=O)(=O)c1ccc(C)cc1)C(=O)OCc1ccccc1. The third-order valence-corrected chi connectivity index (χ3v) is 5.60. The van der Waals surface area contributed by atoms with Gasteiger partial charge < -0.3 is 9.47 Å². The molecule has 0 heterocycles. The number of rotatable bonds is 11. The van der Waals surface area contributed by atoms with Crippen molar-refractivity contribution in [2.24, 2.45) is 11.1 Å². The first-order chi connectivity index (χ1) is 15.2. The first kappa shape index (κ1) is 25.1. The highest BCUT2D eigenvalue weighted by Crippen LogP contribution is 2.16. The molecule has 0 N–H and O–H groups in total. The van der Waals surface area contributed by atoms with Crippen LogP contribution in [0.3, 0.4) is 0 Å². The molecular weight excluding hydrogens is 434 g/mol. The van der Waals surface area contributed by atoms with Gasteiger partial charge in [-0.25, -0.2) is 0 Å². The average Bonchev–Trinajstić information content (AvgIpc) is 2.77. The average molecular weight is 462 g/mol. The van der Waals surface area contributed by atoms with Crippen LogP contribution in [0.4, 0.5) is 0 Å². The minimum absolute atomic E-state index is 0.0199. The minimum atomic E-state index is -4.06. The monoisotopic (exact) mass is 461 g/mol. The molecule has 0 fully saturated rings. The second-order valence-corrected chi connectivity index (χ2v) is 8.63. The molecule has 0 aliphatic rings. The van der Waals surface area contributed by atoms with E-state index in [1.165, 1.54) is 12.1 Å². The summed E-state index contributed by atoms with van der Waals surface area (Å²) in [4.78, 5) is 24.7. The van der Waals surface area contributed by atoms with Crippen molar-refractivity contribution in [3.05, 3.63) is 65.7 Å². The fraction of sp³-hybridized carbons (Fsp3) is 0.348. The number of hydrogen-bond acceptors (Lipinski definition) is 8. The minimum Gasteiger partial charge on any atom is -0.465 e. The van der Waals surface area contributed by atoms with Gasteiger partial charge in [-0.3, -0.25) is 13.9 Å². The number of hydrogen-bond donors (Lipinski definition) is 0. The lowest BCUT2D eigenvalue weighted by atomic mass is 10.0. The summed E-state index contributed by atoms with van der Waals surface area (Å²) in [6.07, 6.45) is 0.170. The van der Waals surface area contributed by atoms with Crippen molar-refractivity contribution in [1.82, 2.24) is 0 Å². The molecular formula is C23H27NO7S. The van der Waals surface area contributed by atoms with Crippen LogP contribution in [-0.4, -0.2) is 32.7 Å².